The molecule has 2 aliphatic heterocycles. The first-order valence-corrected chi connectivity index (χ1v) is 12.9. The van der Waals surface area contributed by atoms with E-state index in [1.807, 2.05) is 36.4 Å². The third-order valence-corrected chi connectivity index (χ3v) is 7.70. The SMILES string of the molecule is CS(=O)(=O)N[C@@H]1[C@H](Cc2cccc(-c3ccccc3)c2F)N(C(=O)[C@@H]2CCO2)CC12CC2. The van der Waals surface area contributed by atoms with Crippen molar-refractivity contribution >= 4 is 15.9 Å². The number of amides is 1. The highest BCUT2D eigenvalue weighted by Crippen LogP contribution is 2.56. The number of hydrogen-bond donors (Lipinski definition) is 1. The lowest BCUT2D eigenvalue weighted by Gasteiger charge is -2.34. The summed E-state index contributed by atoms with van der Waals surface area (Å²) in [6, 6.07) is 13.7. The van der Waals surface area contributed by atoms with E-state index in [4.69, 9.17) is 4.74 Å². The predicted octanol–water partition coefficient (Wildman–Crippen LogP) is 2.73. The summed E-state index contributed by atoms with van der Waals surface area (Å²) in [7, 11) is -3.50. The Kier molecular flexibility index (Phi) is 5.34. The first kappa shape index (κ1) is 21.6. The Bertz CT molecular complexity index is 1130. The zero-order chi connectivity index (χ0) is 22.5. The van der Waals surface area contributed by atoms with Crippen molar-refractivity contribution in [3.8, 4) is 11.1 Å². The smallest absolute Gasteiger partial charge is 0.252 e. The Morgan fingerprint density at radius 1 is 1.19 bits per heavy atom. The van der Waals surface area contributed by atoms with Crippen LogP contribution in [0.25, 0.3) is 11.1 Å². The van der Waals surface area contributed by atoms with E-state index in [-0.39, 0.29) is 23.6 Å². The second kappa shape index (κ2) is 7.93. The summed E-state index contributed by atoms with van der Waals surface area (Å²) in [4.78, 5) is 14.9. The molecule has 1 saturated carbocycles. The van der Waals surface area contributed by atoms with Crippen molar-refractivity contribution in [1.29, 1.82) is 0 Å². The number of ether oxygens (including phenoxy) is 1. The number of halogens is 1. The van der Waals surface area contributed by atoms with Gasteiger partial charge >= 0.3 is 0 Å². The van der Waals surface area contributed by atoms with Crippen molar-refractivity contribution in [1.82, 2.24) is 9.62 Å². The standard InChI is InChI=1S/C24H27FN2O4S/c1-32(29,30)26-22-19(27(15-24(22)11-12-24)23(28)20-10-13-31-20)14-17-8-5-9-18(21(17)25)16-6-3-2-4-7-16/h2-9,19-20,22,26H,10-15H2,1H3/t19-,20-,22+/m0/s1. The maximum absolute atomic E-state index is 15.6. The number of sulfonamides is 1. The van der Waals surface area contributed by atoms with Crippen LogP contribution in [0, 0.1) is 11.2 Å². The van der Waals surface area contributed by atoms with E-state index >= 15 is 4.39 Å². The maximum atomic E-state index is 15.6. The lowest BCUT2D eigenvalue weighted by atomic mass is 9.91. The molecule has 1 amide bonds. The number of carbonyl (C=O) groups is 1. The molecule has 3 aliphatic rings. The van der Waals surface area contributed by atoms with Crippen molar-refractivity contribution in [2.45, 2.75) is 43.9 Å². The third-order valence-electron chi connectivity index (χ3n) is 7.01. The largest absolute Gasteiger partial charge is 0.368 e. The molecule has 170 valence electrons. The number of likely N-dealkylation sites (tertiary alicyclic amines) is 1. The maximum Gasteiger partial charge on any atom is 0.252 e. The molecule has 32 heavy (non-hydrogen) atoms. The van der Waals surface area contributed by atoms with Crippen LogP contribution < -0.4 is 4.72 Å². The summed E-state index contributed by atoms with van der Waals surface area (Å²) in [5, 5.41) is 0. The second-order valence-corrected chi connectivity index (χ2v) is 11.0. The van der Waals surface area contributed by atoms with Gasteiger partial charge in [0, 0.05) is 30.0 Å². The van der Waals surface area contributed by atoms with Gasteiger partial charge in [-0.3, -0.25) is 4.79 Å². The summed E-state index contributed by atoms with van der Waals surface area (Å²) < 4.78 is 48.1. The minimum atomic E-state index is -3.50. The minimum Gasteiger partial charge on any atom is -0.368 e. The van der Waals surface area contributed by atoms with Crippen molar-refractivity contribution in [3.63, 3.8) is 0 Å². The van der Waals surface area contributed by atoms with E-state index in [2.05, 4.69) is 4.72 Å². The number of carbonyl (C=O) groups excluding carboxylic acids is 1. The molecule has 5 rings (SSSR count). The zero-order valence-corrected chi connectivity index (χ0v) is 18.8. The van der Waals surface area contributed by atoms with Gasteiger partial charge in [-0.15, -0.1) is 0 Å². The molecule has 3 fully saturated rings. The quantitative estimate of drug-likeness (QED) is 0.722. The average Bonchev–Trinajstić information content (AvgIpc) is 3.43. The van der Waals surface area contributed by atoms with Crippen molar-refractivity contribution < 1.29 is 22.3 Å². The van der Waals surface area contributed by atoms with E-state index < -0.39 is 28.2 Å². The topological polar surface area (TPSA) is 75.7 Å². The van der Waals surface area contributed by atoms with Gasteiger partial charge in [-0.1, -0.05) is 48.5 Å². The second-order valence-electron chi connectivity index (χ2n) is 9.26. The summed E-state index contributed by atoms with van der Waals surface area (Å²) in [5.74, 6) is -0.453. The fourth-order valence-corrected chi connectivity index (χ4v) is 5.96. The molecule has 2 aromatic carbocycles. The van der Waals surface area contributed by atoms with E-state index in [0.717, 1.165) is 24.7 Å². The van der Waals surface area contributed by atoms with Crippen LogP contribution in [0.5, 0.6) is 0 Å². The Morgan fingerprint density at radius 2 is 1.91 bits per heavy atom. The van der Waals surface area contributed by atoms with Crippen molar-refractivity contribution in [2.24, 2.45) is 5.41 Å². The van der Waals surface area contributed by atoms with Crippen LogP contribution in [0.4, 0.5) is 4.39 Å². The van der Waals surface area contributed by atoms with Gasteiger partial charge in [0.2, 0.25) is 10.0 Å². The minimum absolute atomic E-state index is 0.120. The first-order valence-electron chi connectivity index (χ1n) is 11.0. The molecule has 8 heteroatoms. The molecule has 1 aliphatic carbocycles. The fourth-order valence-electron chi connectivity index (χ4n) is 5.09. The molecule has 1 N–H and O–H groups in total. The summed E-state index contributed by atoms with van der Waals surface area (Å²) >= 11 is 0. The van der Waals surface area contributed by atoms with Gasteiger partial charge < -0.3 is 9.64 Å². The van der Waals surface area contributed by atoms with Crippen LogP contribution >= 0.6 is 0 Å². The van der Waals surface area contributed by atoms with Crippen LogP contribution in [0.1, 0.15) is 24.8 Å². The fraction of sp³-hybridized carbons (Fsp3) is 0.458. The highest BCUT2D eigenvalue weighted by atomic mass is 32.2. The van der Waals surface area contributed by atoms with Gasteiger partial charge in [-0.2, -0.15) is 0 Å². The third kappa shape index (κ3) is 3.95. The normalized spacial score (nSPS) is 26.2. The summed E-state index contributed by atoms with van der Waals surface area (Å²) in [5.41, 5.74) is 1.47. The molecule has 0 bridgehead atoms. The van der Waals surface area contributed by atoms with E-state index in [9.17, 15) is 13.2 Å². The summed E-state index contributed by atoms with van der Waals surface area (Å²) in [6.45, 7) is 1.03. The lowest BCUT2D eigenvalue weighted by molar-refractivity contribution is -0.157. The van der Waals surface area contributed by atoms with E-state index in [1.54, 1.807) is 17.0 Å². The highest BCUT2D eigenvalue weighted by molar-refractivity contribution is 7.88. The Hall–Kier alpha value is -2.29. The molecule has 2 heterocycles. The highest BCUT2D eigenvalue weighted by Gasteiger charge is 2.61. The Morgan fingerprint density at radius 3 is 2.50 bits per heavy atom. The number of benzene rings is 2. The molecule has 3 atom stereocenters. The molecule has 0 aromatic heterocycles. The molecule has 6 nitrogen and oxygen atoms in total. The molecule has 1 spiro atoms. The van der Waals surface area contributed by atoms with Crippen LogP contribution in [-0.2, 0) is 26.0 Å². The van der Waals surface area contributed by atoms with Gasteiger partial charge in [-0.25, -0.2) is 17.5 Å². The molecule has 0 radical (unpaired) electrons. The molecule has 0 unspecified atom stereocenters. The number of nitrogens with one attached hydrogen (secondary N) is 1. The van der Waals surface area contributed by atoms with Crippen molar-refractivity contribution in [3.05, 3.63) is 59.9 Å². The van der Waals surface area contributed by atoms with Gasteiger partial charge in [0.15, 0.2) is 0 Å². The van der Waals surface area contributed by atoms with Crippen LogP contribution in [0.2, 0.25) is 0 Å². The van der Waals surface area contributed by atoms with Crippen LogP contribution in [-0.4, -0.2) is 56.8 Å². The Balaban J connectivity index is 1.50. The number of hydrogen-bond acceptors (Lipinski definition) is 4. The molecule has 2 saturated heterocycles. The van der Waals surface area contributed by atoms with Gasteiger partial charge in [0.25, 0.3) is 5.91 Å². The molecular weight excluding hydrogens is 431 g/mol. The van der Waals surface area contributed by atoms with Crippen molar-refractivity contribution in [2.75, 3.05) is 19.4 Å². The number of nitrogens with zero attached hydrogens (tertiary/aromatic N) is 1. The van der Waals surface area contributed by atoms with Gasteiger partial charge in [0.1, 0.15) is 11.9 Å². The van der Waals surface area contributed by atoms with Gasteiger partial charge in [0.05, 0.1) is 18.9 Å². The molecule has 2 aromatic rings. The monoisotopic (exact) mass is 458 g/mol. The predicted molar refractivity (Wildman–Crippen MR) is 119 cm³/mol. The van der Waals surface area contributed by atoms with E-state index in [1.165, 1.54) is 0 Å². The Labute approximate surface area is 187 Å². The van der Waals surface area contributed by atoms with Gasteiger partial charge in [-0.05, 0) is 30.4 Å². The summed E-state index contributed by atoms with van der Waals surface area (Å²) in [6.07, 6.45) is 3.25. The van der Waals surface area contributed by atoms with E-state index in [0.29, 0.717) is 30.7 Å². The lowest BCUT2D eigenvalue weighted by Crippen LogP contribution is -2.53. The van der Waals surface area contributed by atoms with Crippen LogP contribution in [0.15, 0.2) is 48.5 Å². The molecular formula is C24H27FN2O4S. The van der Waals surface area contributed by atoms with Crippen LogP contribution in [0.3, 0.4) is 0 Å². The number of rotatable bonds is 6. The average molecular weight is 459 g/mol. The first-order chi connectivity index (χ1) is 15.3. The zero-order valence-electron chi connectivity index (χ0n) is 18.0.